The topological polar surface area (TPSA) is 76.3 Å². The van der Waals surface area contributed by atoms with Gasteiger partial charge in [-0.15, -0.1) is 35.3 Å². The first-order valence-corrected chi connectivity index (χ1v) is 11.4. The number of thiazole rings is 1. The molecule has 3 rings (SSSR count). The number of guanidine groups is 1. The summed E-state index contributed by atoms with van der Waals surface area (Å²) < 4.78 is 0. The fourth-order valence-corrected chi connectivity index (χ4v) is 4.63. The van der Waals surface area contributed by atoms with Crippen LogP contribution < -0.4 is 15.5 Å². The van der Waals surface area contributed by atoms with Crippen LogP contribution in [0, 0.1) is 11.3 Å². The second-order valence-corrected chi connectivity index (χ2v) is 9.63. The molecule has 0 bridgehead atoms. The maximum absolute atomic E-state index is 9.41. The van der Waals surface area contributed by atoms with E-state index in [4.69, 9.17) is 4.98 Å². The Labute approximate surface area is 207 Å². The zero-order valence-electron chi connectivity index (χ0n) is 18.8. The average molecular weight is 553 g/mol. The molecule has 1 aromatic heterocycles. The van der Waals surface area contributed by atoms with Crippen molar-refractivity contribution in [1.82, 2.24) is 15.6 Å². The molecule has 1 aliphatic heterocycles. The zero-order chi connectivity index (χ0) is 21.6. The van der Waals surface area contributed by atoms with Crippen molar-refractivity contribution in [3.8, 4) is 6.07 Å². The fourth-order valence-electron chi connectivity index (χ4n) is 3.60. The number of benzene rings is 1. The van der Waals surface area contributed by atoms with Gasteiger partial charge in [-0.2, -0.15) is 5.26 Å². The molecule has 31 heavy (non-hydrogen) atoms. The minimum atomic E-state index is 0. The Morgan fingerprint density at radius 2 is 2.13 bits per heavy atom. The van der Waals surface area contributed by atoms with Crippen LogP contribution in [-0.2, 0) is 11.8 Å². The van der Waals surface area contributed by atoms with Crippen molar-refractivity contribution in [3.63, 3.8) is 0 Å². The lowest BCUT2D eigenvalue weighted by Crippen LogP contribution is -2.51. The van der Waals surface area contributed by atoms with Crippen molar-refractivity contribution < 1.29 is 0 Å². The van der Waals surface area contributed by atoms with E-state index in [2.05, 4.69) is 52.7 Å². The molecule has 168 valence electrons. The Hall–Kier alpha value is -1.86. The Bertz CT molecular complexity index is 911. The highest BCUT2D eigenvalue weighted by Crippen LogP contribution is 2.24. The number of halogens is 1. The predicted octanol–water partition coefficient (Wildman–Crippen LogP) is 4.31. The van der Waals surface area contributed by atoms with Gasteiger partial charge < -0.3 is 15.5 Å². The molecule has 8 heteroatoms. The third kappa shape index (κ3) is 7.07. The first-order chi connectivity index (χ1) is 14.4. The fraction of sp³-hybridized carbons (Fsp3) is 0.522. The number of aromatic nitrogens is 1. The SMILES string of the molecule is CN=C(NCCc1nc(C(C)(C)C)cs1)NC1CCCN(c2ccccc2C#N)C1.I. The summed E-state index contributed by atoms with van der Waals surface area (Å²) in [7, 11) is 1.81. The van der Waals surface area contributed by atoms with Crippen LogP contribution in [0.15, 0.2) is 34.6 Å². The Kier molecular flexibility index (Phi) is 9.56. The molecule has 2 heterocycles. The van der Waals surface area contributed by atoms with E-state index in [1.165, 1.54) is 0 Å². The smallest absolute Gasteiger partial charge is 0.191 e. The van der Waals surface area contributed by atoms with Gasteiger partial charge in [0.15, 0.2) is 5.96 Å². The predicted molar refractivity (Wildman–Crippen MR) is 141 cm³/mol. The quantitative estimate of drug-likeness (QED) is 0.329. The van der Waals surface area contributed by atoms with Crippen LogP contribution >= 0.6 is 35.3 Å². The molecule has 0 aliphatic carbocycles. The number of nitrogens with one attached hydrogen (secondary N) is 2. The molecule has 0 radical (unpaired) electrons. The molecule has 6 nitrogen and oxygen atoms in total. The van der Waals surface area contributed by atoms with Gasteiger partial charge in [-0.3, -0.25) is 4.99 Å². The van der Waals surface area contributed by atoms with Gasteiger partial charge in [-0.25, -0.2) is 4.98 Å². The number of piperidine rings is 1. The lowest BCUT2D eigenvalue weighted by molar-refractivity contribution is 0.468. The molecule has 1 atom stereocenters. The summed E-state index contributed by atoms with van der Waals surface area (Å²) >= 11 is 1.73. The molecule has 1 fully saturated rings. The number of aliphatic imine (C=N–C) groups is 1. The van der Waals surface area contributed by atoms with E-state index in [1.54, 1.807) is 11.3 Å². The number of nitrogens with zero attached hydrogens (tertiary/aromatic N) is 4. The number of para-hydroxylation sites is 1. The normalized spacial score (nSPS) is 16.9. The van der Waals surface area contributed by atoms with E-state index in [9.17, 15) is 5.26 Å². The second-order valence-electron chi connectivity index (χ2n) is 8.68. The Morgan fingerprint density at radius 3 is 2.81 bits per heavy atom. The van der Waals surface area contributed by atoms with E-state index in [0.717, 1.165) is 66.8 Å². The summed E-state index contributed by atoms with van der Waals surface area (Å²) in [6, 6.07) is 10.4. The van der Waals surface area contributed by atoms with Crippen LogP contribution in [0.1, 0.15) is 49.9 Å². The molecule has 1 unspecified atom stereocenters. The van der Waals surface area contributed by atoms with Crippen molar-refractivity contribution in [2.75, 3.05) is 31.6 Å². The standard InChI is InChI=1S/C23H32N6S.HI/c1-23(2,3)20-16-30-21(28-20)11-12-26-22(25-4)27-18-9-7-13-29(15-18)19-10-6-5-8-17(19)14-24;/h5-6,8,10,16,18H,7,9,11-13,15H2,1-4H3,(H2,25,26,27);1H. The molecular formula is C23H33IN6S. The molecule has 0 saturated carbocycles. The first kappa shape index (κ1) is 25.4. The average Bonchev–Trinajstić information content (AvgIpc) is 3.23. The van der Waals surface area contributed by atoms with Gasteiger partial charge in [0.2, 0.25) is 0 Å². The van der Waals surface area contributed by atoms with E-state index in [-0.39, 0.29) is 29.4 Å². The van der Waals surface area contributed by atoms with Crippen molar-refractivity contribution >= 4 is 47.0 Å². The number of hydrogen-bond acceptors (Lipinski definition) is 5. The monoisotopic (exact) mass is 552 g/mol. The molecule has 0 amide bonds. The zero-order valence-corrected chi connectivity index (χ0v) is 22.0. The highest BCUT2D eigenvalue weighted by molar-refractivity contribution is 14.0. The van der Waals surface area contributed by atoms with Crippen LogP contribution in [-0.4, -0.2) is 43.7 Å². The molecule has 0 spiro atoms. The van der Waals surface area contributed by atoms with Crippen molar-refractivity contribution in [1.29, 1.82) is 5.26 Å². The van der Waals surface area contributed by atoms with E-state index >= 15 is 0 Å². The molecular weight excluding hydrogens is 519 g/mol. The number of rotatable bonds is 5. The summed E-state index contributed by atoms with van der Waals surface area (Å²) in [6.45, 7) is 9.21. The third-order valence-corrected chi connectivity index (χ3v) is 6.21. The van der Waals surface area contributed by atoms with Crippen molar-refractivity contribution in [2.45, 2.75) is 51.5 Å². The van der Waals surface area contributed by atoms with Crippen molar-refractivity contribution in [2.24, 2.45) is 4.99 Å². The van der Waals surface area contributed by atoms with E-state index in [0.29, 0.717) is 6.04 Å². The molecule has 1 saturated heterocycles. The first-order valence-electron chi connectivity index (χ1n) is 10.6. The molecule has 2 aromatic rings. The number of hydrogen-bond donors (Lipinski definition) is 2. The van der Waals surface area contributed by atoms with Gasteiger partial charge in [-0.1, -0.05) is 32.9 Å². The van der Waals surface area contributed by atoms with Gasteiger partial charge in [-0.05, 0) is 25.0 Å². The summed E-state index contributed by atoms with van der Waals surface area (Å²) in [4.78, 5) is 11.5. The maximum atomic E-state index is 9.41. The van der Waals surface area contributed by atoms with Crippen molar-refractivity contribution in [3.05, 3.63) is 45.9 Å². The molecule has 2 N–H and O–H groups in total. The summed E-state index contributed by atoms with van der Waals surface area (Å²) in [5.74, 6) is 0.822. The Morgan fingerprint density at radius 1 is 1.35 bits per heavy atom. The van der Waals surface area contributed by atoms with Crippen LogP contribution in [0.5, 0.6) is 0 Å². The van der Waals surface area contributed by atoms with Gasteiger partial charge in [0, 0.05) is 49.9 Å². The van der Waals surface area contributed by atoms with Crippen LogP contribution in [0.2, 0.25) is 0 Å². The van der Waals surface area contributed by atoms with E-state index in [1.807, 2.05) is 31.3 Å². The van der Waals surface area contributed by atoms with Gasteiger partial charge in [0.25, 0.3) is 0 Å². The summed E-state index contributed by atoms with van der Waals surface area (Å²) in [6.07, 6.45) is 3.06. The summed E-state index contributed by atoms with van der Waals surface area (Å²) in [5.41, 5.74) is 3.01. The number of nitriles is 1. The number of anilines is 1. The van der Waals surface area contributed by atoms with Gasteiger partial charge >= 0.3 is 0 Å². The molecule has 1 aromatic carbocycles. The second kappa shape index (κ2) is 11.7. The minimum Gasteiger partial charge on any atom is -0.368 e. The molecule has 1 aliphatic rings. The van der Waals surface area contributed by atoms with Gasteiger partial charge in [0.1, 0.15) is 6.07 Å². The van der Waals surface area contributed by atoms with Gasteiger partial charge in [0.05, 0.1) is 22.0 Å². The van der Waals surface area contributed by atoms with E-state index < -0.39 is 0 Å². The largest absolute Gasteiger partial charge is 0.368 e. The lowest BCUT2D eigenvalue weighted by Gasteiger charge is -2.35. The lowest BCUT2D eigenvalue weighted by atomic mass is 9.93. The van der Waals surface area contributed by atoms with Crippen LogP contribution in [0.3, 0.4) is 0 Å². The maximum Gasteiger partial charge on any atom is 0.191 e. The Balaban J connectivity index is 0.00000341. The van der Waals surface area contributed by atoms with Crippen LogP contribution in [0.4, 0.5) is 5.69 Å². The summed E-state index contributed by atoms with van der Waals surface area (Å²) in [5, 5.41) is 19.7. The van der Waals surface area contributed by atoms with Crippen LogP contribution in [0.25, 0.3) is 0 Å². The third-order valence-electron chi connectivity index (χ3n) is 5.30. The minimum absolute atomic E-state index is 0. The highest BCUT2D eigenvalue weighted by atomic mass is 127. The highest BCUT2D eigenvalue weighted by Gasteiger charge is 2.22.